The summed E-state index contributed by atoms with van der Waals surface area (Å²) in [6, 6.07) is 8.14. The van der Waals surface area contributed by atoms with Crippen LogP contribution in [-0.2, 0) is 4.79 Å². The highest BCUT2D eigenvalue weighted by atomic mass is 32.2. The molecule has 0 fully saturated rings. The zero-order valence-corrected chi connectivity index (χ0v) is 14.8. The van der Waals surface area contributed by atoms with Crippen LogP contribution in [0.15, 0.2) is 59.3 Å². The van der Waals surface area contributed by atoms with E-state index in [1.165, 1.54) is 17.3 Å². The van der Waals surface area contributed by atoms with Gasteiger partial charge < -0.3 is 9.80 Å². The van der Waals surface area contributed by atoms with E-state index in [2.05, 4.69) is 32.2 Å². The Hall–Kier alpha value is -1.94. The summed E-state index contributed by atoms with van der Waals surface area (Å²) in [5.41, 5.74) is 2.92. The van der Waals surface area contributed by atoms with Crippen molar-refractivity contribution in [1.82, 2.24) is 4.90 Å². The van der Waals surface area contributed by atoms with Crippen LogP contribution >= 0.6 is 11.8 Å². The Balaban J connectivity index is 2.82. The Bertz CT molecular complexity index is 619. The monoisotopic (exact) mass is 316 g/mol. The maximum absolute atomic E-state index is 11.6. The van der Waals surface area contributed by atoms with Gasteiger partial charge in [0.15, 0.2) is 5.78 Å². The van der Waals surface area contributed by atoms with Crippen LogP contribution in [-0.4, -0.2) is 24.8 Å². The van der Waals surface area contributed by atoms with E-state index >= 15 is 0 Å². The summed E-state index contributed by atoms with van der Waals surface area (Å²) in [7, 11) is 3.82. The van der Waals surface area contributed by atoms with Crippen LogP contribution in [0.5, 0.6) is 0 Å². The third-order valence-corrected chi connectivity index (χ3v) is 4.48. The predicted octanol–water partition coefficient (Wildman–Crippen LogP) is 4.53. The van der Waals surface area contributed by atoms with Crippen LogP contribution in [0.4, 0.5) is 5.69 Å². The van der Waals surface area contributed by atoms with E-state index in [-0.39, 0.29) is 5.78 Å². The van der Waals surface area contributed by atoms with Gasteiger partial charge in [-0.3, -0.25) is 4.79 Å². The standard InChI is InChI=1S/C18H24N2OS/c1-8-17(14(3)21)19(6)15(4)22-16(5)20(7)18-12-10-9-11-13(18)2/h8-12H,4-5H2,1-3,6-7H3/b17-8-. The van der Waals surface area contributed by atoms with Gasteiger partial charge in [0.05, 0.1) is 15.8 Å². The van der Waals surface area contributed by atoms with Gasteiger partial charge in [0, 0.05) is 26.7 Å². The molecule has 1 rings (SSSR count). The lowest BCUT2D eigenvalue weighted by Crippen LogP contribution is -2.21. The minimum absolute atomic E-state index is 0.0182. The zero-order chi connectivity index (χ0) is 16.9. The first kappa shape index (κ1) is 18.1. The van der Waals surface area contributed by atoms with Crippen LogP contribution in [0.25, 0.3) is 0 Å². The number of para-hydroxylation sites is 1. The zero-order valence-electron chi connectivity index (χ0n) is 14.0. The maximum atomic E-state index is 11.6. The lowest BCUT2D eigenvalue weighted by atomic mass is 10.2. The number of anilines is 1. The molecule has 0 aromatic heterocycles. The van der Waals surface area contributed by atoms with Crippen LogP contribution in [0.3, 0.4) is 0 Å². The summed E-state index contributed by atoms with van der Waals surface area (Å²) in [6.07, 6.45) is 1.79. The van der Waals surface area contributed by atoms with Gasteiger partial charge in [-0.05, 0) is 25.5 Å². The summed E-state index contributed by atoms with van der Waals surface area (Å²) in [6.45, 7) is 13.6. The Labute approximate surface area is 138 Å². The second-order valence-corrected chi connectivity index (χ2v) is 6.17. The largest absolute Gasteiger partial charge is 0.339 e. The minimum Gasteiger partial charge on any atom is -0.339 e. The molecule has 0 amide bonds. The number of hydrogen-bond donors (Lipinski definition) is 0. The molecule has 0 unspecified atom stereocenters. The second-order valence-electron chi connectivity index (χ2n) is 5.02. The summed E-state index contributed by atoms with van der Waals surface area (Å²) < 4.78 is 0. The summed E-state index contributed by atoms with van der Waals surface area (Å²) in [5, 5.41) is 1.61. The maximum Gasteiger partial charge on any atom is 0.175 e. The topological polar surface area (TPSA) is 23.6 Å². The van der Waals surface area contributed by atoms with Gasteiger partial charge in [0.2, 0.25) is 0 Å². The first-order valence-electron chi connectivity index (χ1n) is 7.05. The molecule has 1 aromatic carbocycles. The first-order valence-corrected chi connectivity index (χ1v) is 7.87. The average molecular weight is 316 g/mol. The van der Waals surface area contributed by atoms with Gasteiger partial charge in [-0.1, -0.05) is 49.2 Å². The highest BCUT2D eigenvalue weighted by Gasteiger charge is 2.15. The van der Waals surface area contributed by atoms with Gasteiger partial charge >= 0.3 is 0 Å². The molecule has 0 aliphatic heterocycles. The van der Waals surface area contributed by atoms with Gasteiger partial charge in [-0.15, -0.1) is 0 Å². The van der Waals surface area contributed by atoms with Gasteiger partial charge in [0.25, 0.3) is 0 Å². The number of carbonyl (C=O) groups is 1. The number of ketones is 1. The Kier molecular flexibility index (Phi) is 6.50. The molecule has 22 heavy (non-hydrogen) atoms. The summed E-state index contributed by atoms with van der Waals surface area (Å²) >= 11 is 1.45. The molecule has 0 aliphatic rings. The molecule has 0 atom stereocenters. The molecule has 1 aromatic rings. The molecule has 3 nitrogen and oxygen atoms in total. The molecular weight excluding hydrogens is 292 g/mol. The lowest BCUT2D eigenvalue weighted by Gasteiger charge is -2.27. The van der Waals surface area contributed by atoms with E-state index in [9.17, 15) is 4.79 Å². The quantitative estimate of drug-likeness (QED) is 0.690. The second kappa shape index (κ2) is 7.90. The number of carbonyl (C=O) groups excluding carboxylic acids is 1. The number of benzene rings is 1. The Morgan fingerprint density at radius 2 is 1.77 bits per heavy atom. The third-order valence-electron chi connectivity index (χ3n) is 3.46. The third kappa shape index (κ3) is 4.28. The van der Waals surface area contributed by atoms with Crippen molar-refractivity contribution in [3.05, 3.63) is 64.8 Å². The van der Waals surface area contributed by atoms with Crippen molar-refractivity contribution in [2.75, 3.05) is 19.0 Å². The number of rotatable bonds is 7. The molecule has 118 valence electrons. The molecule has 0 radical (unpaired) electrons. The smallest absolute Gasteiger partial charge is 0.175 e. The average Bonchev–Trinajstić information content (AvgIpc) is 2.47. The molecule has 0 saturated carbocycles. The number of thioether (sulfide) groups is 1. The molecular formula is C18H24N2OS. The highest BCUT2D eigenvalue weighted by Crippen LogP contribution is 2.32. The van der Waals surface area contributed by atoms with Crippen molar-refractivity contribution in [2.45, 2.75) is 20.8 Å². The number of nitrogens with zero attached hydrogens (tertiary/aromatic N) is 2. The molecule has 0 N–H and O–H groups in total. The number of likely N-dealkylation sites (N-methyl/N-ethyl adjacent to an activating group) is 1. The van der Waals surface area contributed by atoms with Crippen molar-refractivity contribution in [1.29, 1.82) is 0 Å². The van der Waals surface area contributed by atoms with Crippen LogP contribution < -0.4 is 4.90 Å². The van der Waals surface area contributed by atoms with Gasteiger partial charge in [0.1, 0.15) is 0 Å². The number of aryl methyl sites for hydroxylation is 1. The van der Waals surface area contributed by atoms with Crippen LogP contribution in [0.2, 0.25) is 0 Å². The summed E-state index contributed by atoms with van der Waals surface area (Å²) in [5.74, 6) is 0.0182. The van der Waals surface area contributed by atoms with E-state index in [4.69, 9.17) is 0 Å². The van der Waals surface area contributed by atoms with E-state index in [1.54, 1.807) is 17.9 Å². The van der Waals surface area contributed by atoms with Crippen molar-refractivity contribution >= 4 is 23.2 Å². The highest BCUT2D eigenvalue weighted by molar-refractivity contribution is 8.06. The van der Waals surface area contributed by atoms with E-state index in [0.717, 1.165) is 15.7 Å². The van der Waals surface area contributed by atoms with Gasteiger partial charge in [-0.25, -0.2) is 0 Å². The number of Topliss-reactive ketones (excluding diaryl/α,β-unsaturated/α-hetero) is 1. The van der Waals surface area contributed by atoms with E-state index in [0.29, 0.717) is 5.70 Å². The molecule has 0 bridgehead atoms. The van der Waals surface area contributed by atoms with Gasteiger partial charge in [-0.2, -0.15) is 0 Å². The minimum atomic E-state index is 0.0182. The fraction of sp³-hybridized carbons (Fsp3) is 0.278. The van der Waals surface area contributed by atoms with Crippen molar-refractivity contribution < 1.29 is 4.79 Å². The Morgan fingerprint density at radius 1 is 1.18 bits per heavy atom. The lowest BCUT2D eigenvalue weighted by molar-refractivity contribution is -0.114. The van der Waals surface area contributed by atoms with E-state index in [1.807, 2.05) is 38.1 Å². The van der Waals surface area contributed by atoms with E-state index < -0.39 is 0 Å². The molecule has 4 heteroatoms. The van der Waals surface area contributed by atoms with Crippen LogP contribution in [0, 0.1) is 6.92 Å². The van der Waals surface area contributed by atoms with Crippen molar-refractivity contribution in [2.24, 2.45) is 0 Å². The normalized spacial score (nSPS) is 11.0. The fourth-order valence-electron chi connectivity index (χ4n) is 2.11. The van der Waals surface area contributed by atoms with Crippen LogP contribution in [0.1, 0.15) is 19.4 Å². The fourth-order valence-corrected chi connectivity index (χ4v) is 2.86. The number of hydrogen-bond acceptors (Lipinski definition) is 4. The number of allylic oxidation sites excluding steroid dienone is 2. The predicted molar refractivity (Wildman–Crippen MR) is 97.7 cm³/mol. The Morgan fingerprint density at radius 3 is 2.27 bits per heavy atom. The first-order chi connectivity index (χ1) is 10.3. The van der Waals surface area contributed by atoms with Crippen molar-refractivity contribution in [3.8, 4) is 0 Å². The molecule has 0 heterocycles. The molecule has 0 saturated heterocycles. The summed E-state index contributed by atoms with van der Waals surface area (Å²) in [4.78, 5) is 15.4. The van der Waals surface area contributed by atoms with Crippen molar-refractivity contribution in [3.63, 3.8) is 0 Å². The molecule has 0 spiro atoms. The molecule has 0 aliphatic carbocycles. The SMILES string of the molecule is C=C(SC(=C)N(C)c1ccccc1C)N(C)/C(=C\C)C(C)=O.